The van der Waals surface area contributed by atoms with E-state index in [-0.39, 0.29) is 45.0 Å². The maximum Gasteiger partial charge on any atom is 0.134 e. The van der Waals surface area contributed by atoms with E-state index in [1.54, 1.807) is 0 Å². The number of benzene rings is 3. The quantitative estimate of drug-likeness (QED) is 0.514. The monoisotopic (exact) mass is 391 g/mol. The minimum Gasteiger partial charge on any atom is -0.507 e. The van der Waals surface area contributed by atoms with Crippen molar-refractivity contribution in [3.05, 3.63) is 58.5 Å². The molecule has 4 N–H and O–H groups in total. The molecule has 1 saturated heterocycles. The first-order valence-electron chi connectivity index (χ1n) is 9.84. The fourth-order valence-electron chi connectivity index (χ4n) is 4.20. The maximum atomic E-state index is 10.8. The minimum absolute atomic E-state index is 0.0111. The Bertz CT molecular complexity index is 1160. The SMILES string of the molecule is C=c1cc(O)c2c(O)c(=CC3CCCN3CCc3ccccc3)cc(O)c2c1O. The van der Waals surface area contributed by atoms with E-state index in [1.807, 2.05) is 24.3 Å². The Morgan fingerprint density at radius 1 is 0.966 bits per heavy atom. The lowest BCUT2D eigenvalue weighted by atomic mass is 10.0. The number of fused-ring (bicyclic) bond motifs is 1. The van der Waals surface area contributed by atoms with Gasteiger partial charge in [0.05, 0.1) is 10.8 Å². The molecule has 1 fully saturated rings. The van der Waals surface area contributed by atoms with E-state index >= 15 is 0 Å². The van der Waals surface area contributed by atoms with Gasteiger partial charge in [0, 0.05) is 23.0 Å². The van der Waals surface area contributed by atoms with Crippen LogP contribution in [0.4, 0.5) is 0 Å². The number of phenolic OH excluding ortho intramolecular Hbond substituents is 4. The van der Waals surface area contributed by atoms with Crippen molar-refractivity contribution in [3.8, 4) is 23.0 Å². The third kappa shape index (κ3) is 3.61. The van der Waals surface area contributed by atoms with Gasteiger partial charge in [-0.05, 0) is 43.5 Å². The Hall–Kier alpha value is -3.18. The van der Waals surface area contributed by atoms with Crippen molar-refractivity contribution in [1.29, 1.82) is 0 Å². The van der Waals surface area contributed by atoms with Gasteiger partial charge in [-0.3, -0.25) is 4.90 Å². The van der Waals surface area contributed by atoms with Crippen molar-refractivity contribution < 1.29 is 20.4 Å². The molecule has 0 radical (unpaired) electrons. The molecule has 0 spiro atoms. The fourth-order valence-corrected chi connectivity index (χ4v) is 4.20. The van der Waals surface area contributed by atoms with E-state index in [0.29, 0.717) is 5.22 Å². The second kappa shape index (κ2) is 7.68. The molecule has 1 atom stereocenters. The van der Waals surface area contributed by atoms with Crippen LogP contribution in [-0.2, 0) is 6.42 Å². The standard InChI is InChI=1S/C24H25NO4/c1-15-12-19(26)22-21(23(15)28)20(27)14-17(24(22)29)13-18-8-5-10-25(18)11-9-16-6-3-2-4-7-16/h2-4,6-7,12-14,18,26-29H,1,5,8-11H2. The number of nitrogens with zero attached hydrogens (tertiary/aromatic N) is 1. The highest BCUT2D eigenvalue weighted by molar-refractivity contribution is 6.01. The minimum atomic E-state index is -0.248. The summed E-state index contributed by atoms with van der Waals surface area (Å²) in [4.78, 5) is 2.37. The van der Waals surface area contributed by atoms with Gasteiger partial charge in [-0.25, -0.2) is 0 Å². The predicted molar refractivity (Wildman–Crippen MR) is 115 cm³/mol. The summed E-state index contributed by atoms with van der Waals surface area (Å²) in [5.74, 6) is -0.822. The van der Waals surface area contributed by atoms with Gasteiger partial charge in [-0.2, -0.15) is 0 Å². The topological polar surface area (TPSA) is 84.2 Å². The molecule has 0 saturated carbocycles. The van der Waals surface area contributed by atoms with Crippen LogP contribution in [0.2, 0.25) is 0 Å². The van der Waals surface area contributed by atoms with Gasteiger partial charge in [0.1, 0.15) is 23.0 Å². The summed E-state index contributed by atoms with van der Waals surface area (Å²) in [6.07, 6.45) is 4.90. The second-order valence-corrected chi connectivity index (χ2v) is 7.63. The van der Waals surface area contributed by atoms with Gasteiger partial charge < -0.3 is 20.4 Å². The Balaban J connectivity index is 1.70. The molecular formula is C24H25NO4. The predicted octanol–water partition coefficient (Wildman–Crippen LogP) is 2.56. The molecule has 0 bridgehead atoms. The molecule has 0 amide bonds. The summed E-state index contributed by atoms with van der Waals surface area (Å²) >= 11 is 0. The number of hydrogen-bond acceptors (Lipinski definition) is 5. The lowest BCUT2D eigenvalue weighted by Crippen LogP contribution is -2.31. The van der Waals surface area contributed by atoms with Gasteiger partial charge >= 0.3 is 0 Å². The van der Waals surface area contributed by atoms with E-state index in [4.69, 9.17) is 0 Å². The Morgan fingerprint density at radius 3 is 2.41 bits per heavy atom. The number of phenols is 4. The largest absolute Gasteiger partial charge is 0.507 e. The molecule has 3 aromatic rings. The highest BCUT2D eigenvalue weighted by atomic mass is 16.3. The van der Waals surface area contributed by atoms with Crippen molar-refractivity contribution in [2.75, 3.05) is 13.1 Å². The molecule has 0 aliphatic carbocycles. The van der Waals surface area contributed by atoms with Crippen LogP contribution in [0.25, 0.3) is 23.4 Å². The first-order chi connectivity index (χ1) is 14.0. The van der Waals surface area contributed by atoms with Crippen LogP contribution in [0, 0.1) is 0 Å². The zero-order valence-corrected chi connectivity index (χ0v) is 16.2. The Labute approximate surface area is 169 Å². The molecule has 1 aliphatic heterocycles. The van der Waals surface area contributed by atoms with Crippen molar-refractivity contribution in [1.82, 2.24) is 4.90 Å². The third-order valence-corrected chi connectivity index (χ3v) is 5.73. The molecule has 1 aliphatic rings. The summed E-state index contributed by atoms with van der Waals surface area (Å²) in [7, 11) is 0. The molecular weight excluding hydrogens is 366 g/mol. The molecule has 150 valence electrons. The first kappa shape index (κ1) is 19.2. The van der Waals surface area contributed by atoms with Crippen LogP contribution >= 0.6 is 0 Å². The van der Waals surface area contributed by atoms with Crippen molar-refractivity contribution in [2.45, 2.75) is 25.3 Å². The number of rotatable bonds is 4. The van der Waals surface area contributed by atoms with Gasteiger partial charge in [0.15, 0.2) is 0 Å². The molecule has 1 unspecified atom stereocenters. The van der Waals surface area contributed by atoms with Crippen LogP contribution in [0.3, 0.4) is 0 Å². The van der Waals surface area contributed by atoms with Crippen LogP contribution in [0.5, 0.6) is 23.0 Å². The lowest BCUT2D eigenvalue weighted by Gasteiger charge is -2.22. The van der Waals surface area contributed by atoms with Crippen molar-refractivity contribution >= 4 is 23.4 Å². The summed E-state index contributed by atoms with van der Waals surface area (Å²) in [5.41, 5.74) is 1.29. The molecule has 0 aromatic heterocycles. The average molecular weight is 391 g/mol. The Kier molecular flexibility index (Phi) is 5.07. The summed E-state index contributed by atoms with van der Waals surface area (Å²) in [5, 5.41) is 42.4. The summed E-state index contributed by atoms with van der Waals surface area (Å²) in [6, 6.07) is 13.2. The first-order valence-corrected chi connectivity index (χ1v) is 9.84. The summed E-state index contributed by atoms with van der Waals surface area (Å²) < 4.78 is 0. The molecule has 29 heavy (non-hydrogen) atoms. The van der Waals surface area contributed by atoms with Crippen molar-refractivity contribution in [3.63, 3.8) is 0 Å². The number of likely N-dealkylation sites (tertiary alicyclic amines) is 1. The molecule has 5 heteroatoms. The summed E-state index contributed by atoms with van der Waals surface area (Å²) in [6.45, 7) is 5.53. The van der Waals surface area contributed by atoms with Crippen LogP contribution < -0.4 is 10.4 Å². The van der Waals surface area contributed by atoms with Crippen molar-refractivity contribution in [2.24, 2.45) is 0 Å². The van der Waals surface area contributed by atoms with Crippen LogP contribution in [0.1, 0.15) is 18.4 Å². The number of hydrogen-bond donors (Lipinski definition) is 4. The van der Waals surface area contributed by atoms with E-state index < -0.39 is 0 Å². The highest BCUT2D eigenvalue weighted by Gasteiger charge is 2.23. The maximum absolute atomic E-state index is 10.8. The van der Waals surface area contributed by atoms with Crippen LogP contribution in [0.15, 0.2) is 42.5 Å². The smallest absolute Gasteiger partial charge is 0.134 e. The molecule has 5 nitrogen and oxygen atoms in total. The lowest BCUT2D eigenvalue weighted by molar-refractivity contribution is 0.304. The Morgan fingerprint density at radius 2 is 1.66 bits per heavy atom. The van der Waals surface area contributed by atoms with E-state index in [1.165, 1.54) is 17.7 Å². The second-order valence-electron chi connectivity index (χ2n) is 7.63. The molecule has 1 heterocycles. The van der Waals surface area contributed by atoms with E-state index in [9.17, 15) is 20.4 Å². The van der Waals surface area contributed by atoms with Crippen LogP contribution in [-0.4, -0.2) is 44.5 Å². The highest BCUT2D eigenvalue weighted by Crippen LogP contribution is 2.38. The van der Waals surface area contributed by atoms with Gasteiger partial charge in [-0.15, -0.1) is 0 Å². The van der Waals surface area contributed by atoms with Gasteiger partial charge in [0.25, 0.3) is 0 Å². The van der Waals surface area contributed by atoms with Gasteiger partial charge in [-0.1, -0.05) is 43.0 Å². The van der Waals surface area contributed by atoms with E-state index in [2.05, 4.69) is 23.6 Å². The zero-order valence-electron chi connectivity index (χ0n) is 16.2. The number of aromatic hydroxyl groups is 4. The normalized spacial score (nSPS) is 17.9. The molecule has 4 rings (SSSR count). The van der Waals surface area contributed by atoms with E-state index in [0.717, 1.165) is 32.4 Å². The fraction of sp³-hybridized carbons (Fsp3) is 0.250. The third-order valence-electron chi connectivity index (χ3n) is 5.73. The van der Waals surface area contributed by atoms with Gasteiger partial charge in [0.2, 0.25) is 0 Å². The zero-order chi connectivity index (χ0) is 20.5. The molecule has 3 aromatic carbocycles. The average Bonchev–Trinajstić information content (AvgIpc) is 3.15.